The van der Waals surface area contributed by atoms with Crippen LogP contribution in [0.15, 0.2) is 25.3 Å². The molecule has 2 bridgehead atoms. The van der Waals surface area contributed by atoms with Crippen LogP contribution in [-0.4, -0.2) is 87.6 Å². The number of aliphatic hydroxyl groups excluding tert-OH is 1. The topological polar surface area (TPSA) is 96.4 Å². The largest absolute Gasteiger partial charge is 0.465 e. The maximum Gasteiger partial charge on any atom is 0.312 e. The van der Waals surface area contributed by atoms with E-state index in [0.717, 1.165) is 64.2 Å². The Morgan fingerprint density at radius 3 is 2.55 bits per heavy atom. The average Bonchev–Trinajstić information content (AvgIpc) is 3.55. The van der Waals surface area contributed by atoms with Crippen molar-refractivity contribution in [3.63, 3.8) is 0 Å². The highest BCUT2D eigenvalue weighted by atomic mass is 79.9. The van der Waals surface area contributed by atoms with Crippen LogP contribution in [0.2, 0.25) is 0 Å². The SMILES string of the molecule is C=CCCCCOC(=O)[C@H]1[C@H]2C(=O)N(CCCCCCO)C(C(=O)N(CC=C)C3CCCCC3)C23CC(Br)[C@@H]1O3. The van der Waals surface area contributed by atoms with Gasteiger partial charge in [0, 0.05) is 30.6 Å². The van der Waals surface area contributed by atoms with Gasteiger partial charge in [0.25, 0.3) is 0 Å². The summed E-state index contributed by atoms with van der Waals surface area (Å²) in [5.41, 5.74) is -1.06. The molecular weight excluding hydrogens is 576 g/mol. The van der Waals surface area contributed by atoms with E-state index in [-0.39, 0.29) is 29.3 Å². The lowest BCUT2D eigenvalue weighted by atomic mass is 9.70. The maximum atomic E-state index is 14.5. The van der Waals surface area contributed by atoms with Gasteiger partial charge in [0.2, 0.25) is 11.8 Å². The summed E-state index contributed by atoms with van der Waals surface area (Å²) in [6.45, 7) is 8.95. The molecule has 1 N–H and O–H groups in total. The molecule has 40 heavy (non-hydrogen) atoms. The zero-order chi connectivity index (χ0) is 28.7. The van der Waals surface area contributed by atoms with Crippen molar-refractivity contribution >= 4 is 33.7 Å². The molecule has 3 saturated heterocycles. The number of likely N-dealkylation sites (tertiary alicyclic amines) is 1. The molecule has 1 spiro atoms. The van der Waals surface area contributed by atoms with Gasteiger partial charge in [-0.2, -0.15) is 0 Å². The third-order valence-electron chi connectivity index (χ3n) is 9.27. The molecule has 4 aliphatic rings. The zero-order valence-corrected chi connectivity index (χ0v) is 25.4. The molecule has 224 valence electrons. The van der Waals surface area contributed by atoms with Crippen molar-refractivity contribution < 1.29 is 29.0 Å². The third kappa shape index (κ3) is 6.21. The fraction of sp³-hybridized carbons (Fsp3) is 0.774. The Morgan fingerprint density at radius 2 is 1.85 bits per heavy atom. The van der Waals surface area contributed by atoms with E-state index in [1.165, 1.54) is 6.42 Å². The molecule has 4 fully saturated rings. The highest BCUT2D eigenvalue weighted by molar-refractivity contribution is 9.09. The number of unbranched alkanes of at least 4 members (excludes halogenated alkanes) is 5. The van der Waals surface area contributed by atoms with Gasteiger partial charge in [-0.1, -0.05) is 60.2 Å². The number of rotatable bonds is 16. The molecule has 2 amide bonds. The predicted molar refractivity (Wildman–Crippen MR) is 157 cm³/mol. The second-order valence-corrected chi connectivity index (χ2v) is 13.0. The van der Waals surface area contributed by atoms with Crippen molar-refractivity contribution in [1.82, 2.24) is 9.80 Å². The lowest BCUT2D eigenvalue weighted by Crippen LogP contribution is -2.58. The Hall–Kier alpha value is -1.71. The van der Waals surface area contributed by atoms with Crippen molar-refractivity contribution in [1.29, 1.82) is 0 Å². The lowest BCUT2D eigenvalue weighted by molar-refractivity contribution is -0.155. The second kappa shape index (κ2) is 14.5. The van der Waals surface area contributed by atoms with E-state index in [4.69, 9.17) is 14.6 Å². The van der Waals surface area contributed by atoms with Crippen LogP contribution < -0.4 is 0 Å². The highest BCUT2D eigenvalue weighted by Gasteiger charge is 2.77. The first-order chi connectivity index (χ1) is 19.4. The maximum absolute atomic E-state index is 14.5. The number of aliphatic hydroxyl groups is 1. The van der Waals surface area contributed by atoms with Crippen molar-refractivity contribution in [3.05, 3.63) is 25.3 Å². The minimum atomic E-state index is -1.06. The molecule has 6 atom stereocenters. The van der Waals surface area contributed by atoms with E-state index in [1.54, 1.807) is 11.0 Å². The van der Waals surface area contributed by atoms with Gasteiger partial charge in [0.1, 0.15) is 11.6 Å². The fourth-order valence-corrected chi connectivity index (χ4v) is 8.38. The Labute approximate surface area is 247 Å². The molecule has 0 aromatic heterocycles. The molecule has 0 aromatic carbocycles. The number of fused-ring (bicyclic) bond motifs is 1. The summed E-state index contributed by atoms with van der Waals surface area (Å²) in [5.74, 6) is -2.12. The van der Waals surface area contributed by atoms with Crippen LogP contribution in [-0.2, 0) is 23.9 Å². The van der Waals surface area contributed by atoms with Crippen LogP contribution in [0.3, 0.4) is 0 Å². The Balaban J connectivity index is 1.61. The van der Waals surface area contributed by atoms with Gasteiger partial charge in [-0.15, -0.1) is 13.2 Å². The van der Waals surface area contributed by atoms with Gasteiger partial charge >= 0.3 is 5.97 Å². The number of carbonyl (C=O) groups excluding carboxylic acids is 3. The minimum Gasteiger partial charge on any atom is -0.465 e. The molecule has 3 heterocycles. The first-order valence-corrected chi connectivity index (χ1v) is 16.2. The molecule has 0 aromatic rings. The number of carbonyl (C=O) groups is 3. The lowest BCUT2D eigenvalue weighted by Gasteiger charge is -2.41. The quantitative estimate of drug-likeness (QED) is 0.118. The third-order valence-corrected chi connectivity index (χ3v) is 10.1. The predicted octanol–water partition coefficient (Wildman–Crippen LogP) is 4.53. The smallest absolute Gasteiger partial charge is 0.312 e. The van der Waals surface area contributed by atoms with E-state index in [1.807, 2.05) is 11.0 Å². The van der Waals surface area contributed by atoms with Crippen LogP contribution in [0, 0.1) is 11.8 Å². The summed E-state index contributed by atoms with van der Waals surface area (Å²) in [6.07, 6.45) is 14.5. The summed E-state index contributed by atoms with van der Waals surface area (Å²) < 4.78 is 12.3. The summed E-state index contributed by atoms with van der Waals surface area (Å²) >= 11 is 3.74. The van der Waals surface area contributed by atoms with Crippen molar-refractivity contribution in [3.8, 4) is 0 Å². The zero-order valence-electron chi connectivity index (χ0n) is 23.8. The Morgan fingerprint density at radius 1 is 1.10 bits per heavy atom. The van der Waals surface area contributed by atoms with Crippen molar-refractivity contribution in [2.24, 2.45) is 11.8 Å². The van der Waals surface area contributed by atoms with E-state index in [2.05, 4.69) is 29.1 Å². The monoisotopic (exact) mass is 622 g/mol. The highest BCUT2D eigenvalue weighted by Crippen LogP contribution is 2.60. The number of halogens is 1. The van der Waals surface area contributed by atoms with E-state index < -0.39 is 35.6 Å². The number of ether oxygens (including phenoxy) is 2. The van der Waals surface area contributed by atoms with Crippen LogP contribution in [0.5, 0.6) is 0 Å². The molecule has 0 radical (unpaired) electrons. The Bertz CT molecular complexity index is 924. The van der Waals surface area contributed by atoms with E-state index in [9.17, 15) is 14.4 Å². The molecule has 3 unspecified atom stereocenters. The number of hydrogen-bond donors (Lipinski definition) is 1. The summed E-state index contributed by atoms with van der Waals surface area (Å²) in [6, 6.07) is -0.661. The summed E-state index contributed by atoms with van der Waals surface area (Å²) in [7, 11) is 0. The number of hydrogen-bond acceptors (Lipinski definition) is 6. The van der Waals surface area contributed by atoms with Crippen LogP contribution >= 0.6 is 15.9 Å². The first kappa shape index (κ1) is 31.2. The molecule has 3 aliphatic heterocycles. The normalized spacial score (nSPS) is 31.3. The molecule has 4 rings (SSSR count). The second-order valence-electron chi connectivity index (χ2n) is 11.9. The van der Waals surface area contributed by atoms with Gasteiger partial charge < -0.3 is 24.4 Å². The Kier molecular flexibility index (Phi) is 11.3. The van der Waals surface area contributed by atoms with Crippen LogP contribution in [0.25, 0.3) is 0 Å². The van der Waals surface area contributed by atoms with E-state index >= 15 is 0 Å². The molecule has 1 aliphatic carbocycles. The van der Waals surface area contributed by atoms with Gasteiger partial charge in [-0.05, 0) is 51.4 Å². The molecule has 1 saturated carbocycles. The van der Waals surface area contributed by atoms with E-state index in [0.29, 0.717) is 32.5 Å². The minimum absolute atomic E-state index is 0.0863. The standard InChI is InChI=1S/C31H47BrN2O6/c1-3-5-6-14-20-39-30(38)24-25-28(36)34(18-12-7-8-13-19-35)27(31(25)21-23(32)26(24)40-31)29(37)33(17-4-2)22-15-10-9-11-16-22/h3-4,22-27,35H,1-2,5-21H2/t23?,24-,25-,26-,27?,31?/m0/s1. The average molecular weight is 624 g/mol. The summed E-state index contributed by atoms with van der Waals surface area (Å²) in [4.78, 5) is 45.7. The number of amides is 2. The van der Waals surface area contributed by atoms with Crippen LogP contribution in [0.1, 0.15) is 83.5 Å². The number of allylic oxidation sites excluding steroid dienone is 1. The number of alkyl halides is 1. The molecule has 9 heteroatoms. The van der Waals surface area contributed by atoms with Gasteiger partial charge in [-0.3, -0.25) is 14.4 Å². The van der Waals surface area contributed by atoms with Crippen molar-refractivity contribution in [2.75, 3.05) is 26.3 Å². The van der Waals surface area contributed by atoms with Gasteiger partial charge in [0.15, 0.2) is 0 Å². The molecule has 8 nitrogen and oxygen atoms in total. The first-order valence-electron chi connectivity index (χ1n) is 15.3. The van der Waals surface area contributed by atoms with Gasteiger partial charge in [-0.25, -0.2) is 0 Å². The summed E-state index contributed by atoms with van der Waals surface area (Å²) in [5, 5.41) is 9.17. The number of esters is 1. The van der Waals surface area contributed by atoms with Gasteiger partial charge in [0.05, 0.1) is 24.5 Å². The van der Waals surface area contributed by atoms with Crippen LogP contribution in [0.4, 0.5) is 0 Å². The fourth-order valence-electron chi connectivity index (χ4n) is 7.43. The van der Waals surface area contributed by atoms with Crippen molar-refractivity contribution in [2.45, 2.75) is 112 Å². The molecular formula is C31H47BrN2O6. The number of nitrogens with zero attached hydrogens (tertiary/aromatic N) is 2.